The van der Waals surface area contributed by atoms with Gasteiger partial charge in [-0.15, -0.1) is 0 Å². The molecule has 8 aromatic rings. The van der Waals surface area contributed by atoms with Gasteiger partial charge in [-0.25, -0.2) is 0 Å². The average Bonchev–Trinajstić information content (AvgIpc) is 3.47. The van der Waals surface area contributed by atoms with Crippen LogP contribution in [0.4, 0.5) is 11.4 Å². The Morgan fingerprint density at radius 3 is 2.02 bits per heavy atom. The Morgan fingerprint density at radius 1 is 0.556 bits per heavy atom. The van der Waals surface area contributed by atoms with Crippen LogP contribution in [0.25, 0.3) is 65.5 Å². The number of rotatable bonds is 2. The van der Waals surface area contributed by atoms with E-state index < -0.39 is 0 Å². The van der Waals surface area contributed by atoms with E-state index in [4.69, 9.17) is 9.97 Å². The molecule has 0 amide bonds. The number of fused-ring (bicyclic) bond motifs is 10. The molecule has 4 heterocycles. The lowest BCUT2D eigenvalue weighted by molar-refractivity contribution is 1.08. The molecule has 0 atom stereocenters. The Labute approximate surface area is 260 Å². The van der Waals surface area contributed by atoms with Crippen molar-refractivity contribution >= 4 is 71.2 Å². The lowest BCUT2D eigenvalue weighted by Crippen LogP contribution is -2.18. The summed E-state index contributed by atoms with van der Waals surface area (Å²) in [5.41, 5.74) is 8.38. The van der Waals surface area contributed by atoms with Gasteiger partial charge in [0.2, 0.25) is 0 Å². The number of aromatic nitrogens is 3. The summed E-state index contributed by atoms with van der Waals surface area (Å²) in [6.07, 6.45) is 12.0. The second-order valence-electron chi connectivity index (χ2n) is 11.5. The molecule has 0 unspecified atom stereocenters. The van der Waals surface area contributed by atoms with E-state index in [1.54, 1.807) is 0 Å². The van der Waals surface area contributed by atoms with Crippen LogP contribution in [0.1, 0.15) is 5.69 Å². The van der Waals surface area contributed by atoms with Crippen LogP contribution in [0.15, 0.2) is 152 Å². The van der Waals surface area contributed by atoms with Crippen molar-refractivity contribution in [3.8, 4) is 5.69 Å². The SMILES string of the molecule is C=C1/C=C\C=C/CN(c2ccc3c4ccc(-n5c6ccccc6c6ncccc65)cc4c4ccccc4c3c2)c2cccnc21. The van der Waals surface area contributed by atoms with Crippen molar-refractivity contribution in [2.75, 3.05) is 11.4 Å². The highest BCUT2D eigenvalue weighted by Gasteiger charge is 2.18. The van der Waals surface area contributed by atoms with Crippen LogP contribution < -0.4 is 4.90 Å². The maximum atomic E-state index is 4.75. The van der Waals surface area contributed by atoms with Gasteiger partial charge >= 0.3 is 0 Å². The standard InChI is InChI=1S/C41H28N4/c1-27-11-3-2-8-24-44(38-16-9-22-42-40(27)38)28-18-20-32-33-21-19-29(26-36(33)31-13-5-4-12-30(31)35(32)25-28)45-37-15-7-6-14-34(37)41-39(45)17-10-23-43-41/h2-23,25-26H,1,24H2/b8-2-,11-3-. The molecule has 0 spiro atoms. The van der Waals surface area contributed by atoms with E-state index in [0.29, 0.717) is 0 Å². The van der Waals surface area contributed by atoms with Gasteiger partial charge in [-0.2, -0.15) is 0 Å². The largest absolute Gasteiger partial charge is 0.336 e. The minimum Gasteiger partial charge on any atom is -0.336 e. The van der Waals surface area contributed by atoms with E-state index in [0.717, 1.165) is 56.8 Å². The van der Waals surface area contributed by atoms with E-state index in [2.05, 4.69) is 125 Å². The van der Waals surface area contributed by atoms with Crippen molar-refractivity contribution in [3.05, 3.63) is 158 Å². The van der Waals surface area contributed by atoms with Gasteiger partial charge in [-0.1, -0.05) is 85.5 Å². The molecule has 3 aromatic heterocycles. The van der Waals surface area contributed by atoms with Crippen molar-refractivity contribution < 1.29 is 0 Å². The molecule has 45 heavy (non-hydrogen) atoms. The zero-order valence-electron chi connectivity index (χ0n) is 24.6. The third-order valence-electron chi connectivity index (χ3n) is 9.02. The van der Waals surface area contributed by atoms with Gasteiger partial charge in [0.1, 0.15) is 0 Å². The summed E-state index contributed by atoms with van der Waals surface area (Å²) in [6.45, 7) is 5.02. The quantitative estimate of drug-likeness (QED) is 0.192. The molecule has 0 saturated carbocycles. The molecule has 212 valence electrons. The number of anilines is 2. The van der Waals surface area contributed by atoms with Gasteiger partial charge in [0, 0.05) is 35.7 Å². The molecule has 0 fully saturated rings. The molecular weight excluding hydrogens is 548 g/mol. The molecule has 0 bridgehead atoms. The summed E-state index contributed by atoms with van der Waals surface area (Å²) in [5.74, 6) is 0. The molecule has 0 radical (unpaired) electrons. The first-order chi connectivity index (χ1) is 22.3. The molecule has 4 nitrogen and oxygen atoms in total. The summed E-state index contributed by atoms with van der Waals surface area (Å²) in [7, 11) is 0. The van der Waals surface area contributed by atoms with Crippen molar-refractivity contribution in [3.63, 3.8) is 0 Å². The fourth-order valence-corrected chi connectivity index (χ4v) is 7.00. The van der Waals surface area contributed by atoms with E-state index in [-0.39, 0.29) is 0 Å². The number of allylic oxidation sites excluding steroid dienone is 4. The summed E-state index contributed by atoms with van der Waals surface area (Å²) >= 11 is 0. The molecule has 0 saturated heterocycles. The van der Waals surface area contributed by atoms with E-state index in [1.165, 1.54) is 32.3 Å². The number of hydrogen-bond donors (Lipinski definition) is 0. The minimum atomic E-state index is 0.727. The molecule has 9 rings (SSSR count). The lowest BCUT2D eigenvalue weighted by Gasteiger charge is -2.26. The zero-order valence-corrected chi connectivity index (χ0v) is 24.6. The van der Waals surface area contributed by atoms with Crippen molar-refractivity contribution in [1.82, 2.24) is 14.5 Å². The van der Waals surface area contributed by atoms with Crippen LogP contribution in [0, 0.1) is 0 Å². The monoisotopic (exact) mass is 576 g/mol. The normalized spacial score (nSPS) is 14.9. The Kier molecular flexibility index (Phi) is 5.69. The first-order valence-electron chi connectivity index (χ1n) is 15.2. The molecule has 5 aromatic carbocycles. The number of para-hydroxylation sites is 1. The second kappa shape index (κ2) is 10.0. The van der Waals surface area contributed by atoms with Crippen LogP contribution in [-0.2, 0) is 0 Å². The van der Waals surface area contributed by atoms with Gasteiger partial charge in [-0.05, 0) is 92.5 Å². The van der Waals surface area contributed by atoms with Crippen LogP contribution in [0.2, 0.25) is 0 Å². The summed E-state index contributed by atoms with van der Waals surface area (Å²) in [5, 5.41) is 8.58. The predicted octanol–water partition coefficient (Wildman–Crippen LogP) is 10.3. The third-order valence-corrected chi connectivity index (χ3v) is 9.02. The molecular formula is C41H28N4. The highest BCUT2D eigenvalue weighted by atomic mass is 15.1. The van der Waals surface area contributed by atoms with Crippen LogP contribution in [-0.4, -0.2) is 21.1 Å². The molecule has 0 aliphatic carbocycles. The predicted molar refractivity (Wildman–Crippen MR) is 190 cm³/mol. The highest BCUT2D eigenvalue weighted by molar-refractivity contribution is 6.26. The Hall–Kier alpha value is -6.00. The van der Waals surface area contributed by atoms with Gasteiger partial charge in [-0.3, -0.25) is 9.97 Å². The van der Waals surface area contributed by atoms with E-state index in [9.17, 15) is 0 Å². The van der Waals surface area contributed by atoms with Gasteiger partial charge < -0.3 is 9.47 Å². The van der Waals surface area contributed by atoms with Gasteiger partial charge in [0.15, 0.2) is 0 Å². The first kappa shape index (κ1) is 25.5. The van der Waals surface area contributed by atoms with E-state index >= 15 is 0 Å². The summed E-state index contributed by atoms with van der Waals surface area (Å²) in [4.78, 5) is 11.8. The minimum absolute atomic E-state index is 0.727. The topological polar surface area (TPSA) is 34.0 Å². The average molecular weight is 577 g/mol. The second-order valence-corrected chi connectivity index (χ2v) is 11.5. The molecule has 1 aliphatic heterocycles. The van der Waals surface area contributed by atoms with Crippen LogP contribution in [0.5, 0.6) is 0 Å². The van der Waals surface area contributed by atoms with Gasteiger partial charge in [0.05, 0.1) is 27.9 Å². The Balaban J connectivity index is 1.28. The first-order valence-corrected chi connectivity index (χ1v) is 15.2. The highest BCUT2D eigenvalue weighted by Crippen LogP contribution is 2.41. The molecule has 0 N–H and O–H groups in total. The maximum absolute atomic E-state index is 4.75. The van der Waals surface area contributed by atoms with Crippen molar-refractivity contribution in [2.45, 2.75) is 0 Å². The van der Waals surface area contributed by atoms with Crippen LogP contribution >= 0.6 is 0 Å². The van der Waals surface area contributed by atoms with Crippen LogP contribution in [0.3, 0.4) is 0 Å². The van der Waals surface area contributed by atoms with Crippen molar-refractivity contribution in [1.29, 1.82) is 0 Å². The van der Waals surface area contributed by atoms with Gasteiger partial charge in [0.25, 0.3) is 0 Å². The summed E-state index contributed by atoms with van der Waals surface area (Å²) in [6, 6.07) is 39.3. The Morgan fingerprint density at radius 2 is 1.20 bits per heavy atom. The fraction of sp³-hybridized carbons (Fsp3) is 0.0244. The molecule has 4 heteroatoms. The smallest absolute Gasteiger partial charge is 0.0963 e. The lowest BCUT2D eigenvalue weighted by atomic mass is 9.93. The maximum Gasteiger partial charge on any atom is 0.0963 e. The number of hydrogen-bond acceptors (Lipinski definition) is 3. The zero-order chi connectivity index (χ0) is 29.9. The number of benzene rings is 5. The molecule has 1 aliphatic rings. The van der Waals surface area contributed by atoms with E-state index in [1.807, 2.05) is 36.7 Å². The third kappa shape index (κ3) is 3.93. The summed E-state index contributed by atoms with van der Waals surface area (Å²) < 4.78 is 2.34. The Bertz CT molecular complexity index is 2480. The number of pyridine rings is 2. The van der Waals surface area contributed by atoms with Crippen molar-refractivity contribution in [2.24, 2.45) is 0 Å². The number of nitrogens with zero attached hydrogens (tertiary/aromatic N) is 4. The fourth-order valence-electron chi connectivity index (χ4n) is 7.00.